The fourth-order valence-corrected chi connectivity index (χ4v) is 1.34. The van der Waals surface area contributed by atoms with Crippen molar-refractivity contribution in [1.82, 2.24) is 0 Å². The smallest absolute Gasteiger partial charge is 0.0675 e. The largest absolute Gasteiger partial charge is 0.396 e. The van der Waals surface area contributed by atoms with Gasteiger partial charge in [-0.15, -0.1) is 0 Å². The van der Waals surface area contributed by atoms with Gasteiger partial charge in [-0.3, -0.25) is 0 Å². The minimum Gasteiger partial charge on any atom is -0.396 e. The lowest BCUT2D eigenvalue weighted by atomic mass is 9.98. The monoisotopic (exact) mass is 241 g/mol. The van der Waals surface area contributed by atoms with Gasteiger partial charge in [-0.25, -0.2) is 0 Å². The summed E-state index contributed by atoms with van der Waals surface area (Å²) in [5.74, 6) is 0.840. The van der Waals surface area contributed by atoms with Gasteiger partial charge in [-0.05, 0) is 27.7 Å². The van der Waals surface area contributed by atoms with Crippen LogP contribution < -0.4 is 0 Å². The van der Waals surface area contributed by atoms with E-state index in [2.05, 4.69) is 13.2 Å². The van der Waals surface area contributed by atoms with Crippen molar-refractivity contribution in [3.05, 3.63) is 30.2 Å². The van der Waals surface area contributed by atoms with Gasteiger partial charge in [0.15, 0.2) is 0 Å². The van der Waals surface area contributed by atoms with E-state index in [1.807, 2.05) is 27.7 Å². The van der Waals surface area contributed by atoms with Gasteiger partial charge in [0, 0.05) is 0 Å². The first-order chi connectivity index (χ1) is 7.88. The molecule has 0 heterocycles. The molecular weight excluding hydrogens is 216 g/mol. The van der Waals surface area contributed by atoms with Gasteiger partial charge in [0.25, 0.3) is 0 Å². The van der Waals surface area contributed by atoms with E-state index in [4.69, 9.17) is 9.47 Å². The summed E-state index contributed by atoms with van der Waals surface area (Å²) in [7, 11) is 0. The number of aliphatic hydroxyl groups excluding tert-OH is 1. The molecular formula is C14H25O3. The molecule has 0 aliphatic carbocycles. The van der Waals surface area contributed by atoms with E-state index < -0.39 is 0 Å². The summed E-state index contributed by atoms with van der Waals surface area (Å²) in [6.45, 7) is 16.2. The molecule has 17 heavy (non-hydrogen) atoms. The molecule has 0 saturated carbocycles. The molecule has 3 heteroatoms. The third kappa shape index (κ3) is 7.31. The van der Waals surface area contributed by atoms with E-state index in [1.165, 1.54) is 0 Å². The van der Waals surface area contributed by atoms with Gasteiger partial charge in [0.2, 0.25) is 0 Å². The molecule has 0 fully saturated rings. The Kier molecular flexibility index (Phi) is 8.13. The predicted molar refractivity (Wildman–Crippen MR) is 70.8 cm³/mol. The topological polar surface area (TPSA) is 38.7 Å². The second kappa shape index (κ2) is 8.45. The van der Waals surface area contributed by atoms with Gasteiger partial charge in [0.1, 0.15) is 0 Å². The van der Waals surface area contributed by atoms with Crippen LogP contribution in [0.25, 0.3) is 0 Å². The van der Waals surface area contributed by atoms with Gasteiger partial charge >= 0.3 is 0 Å². The Morgan fingerprint density at radius 1 is 1.00 bits per heavy atom. The maximum absolute atomic E-state index is 9.36. The van der Waals surface area contributed by atoms with Gasteiger partial charge in [-0.1, -0.05) is 24.3 Å². The summed E-state index contributed by atoms with van der Waals surface area (Å²) in [6.07, 6.45) is -0.284. The number of ether oxygens (including phenoxy) is 2. The molecule has 1 radical (unpaired) electrons. The minimum atomic E-state index is -0.142. The minimum absolute atomic E-state index is 0.0330. The fourth-order valence-electron chi connectivity index (χ4n) is 1.34. The van der Waals surface area contributed by atoms with Crippen LogP contribution in [0.5, 0.6) is 0 Å². The van der Waals surface area contributed by atoms with Crippen LogP contribution in [0.1, 0.15) is 27.7 Å². The molecule has 3 nitrogen and oxygen atoms in total. The van der Waals surface area contributed by atoms with Crippen LogP contribution in [0.15, 0.2) is 24.3 Å². The Hall–Kier alpha value is -0.640. The highest BCUT2D eigenvalue weighted by molar-refractivity contribution is 5.03. The maximum Gasteiger partial charge on any atom is 0.0675 e. The second-order valence-corrected chi connectivity index (χ2v) is 4.55. The van der Waals surface area contributed by atoms with Crippen LogP contribution in [-0.4, -0.2) is 37.1 Å². The predicted octanol–water partition coefficient (Wildman–Crippen LogP) is 2.52. The Bertz CT molecular complexity index is 224. The zero-order valence-corrected chi connectivity index (χ0v) is 11.5. The molecule has 0 rings (SSSR count). The molecule has 2 atom stereocenters. The highest BCUT2D eigenvalue weighted by Gasteiger charge is 2.25. The molecule has 1 N–H and O–H groups in total. The SMILES string of the molecule is C=C(C)COC(C)[C](CO)C(C)OCC(=C)C. The molecule has 99 valence electrons. The van der Waals surface area contributed by atoms with E-state index in [1.54, 1.807) is 0 Å². The summed E-state index contributed by atoms with van der Waals surface area (Å²) in [5.41, 5.74) is 1.93. The number of rotatable bonds is 9. The summed E-state index contributed by atoms with van der Waals surface area (Å²) in [5, 5.41) is 9.36. The average Bonchev–Trinajstić information content (AvgIpc) is 2.24. The molecule has 0 spiro atoms. The lowest BCUT2D eigenvalue weighted by Gasteiger charge is -2.27. The molecule has 0 bridgehead atoms. The van der Waals surface area contributed by atoms with Gasteiger partial charge < -0.3 is 14.6 Å². The molecule has 0 amide bonds. The van der Waals surface area contributed by atoms with E-state index in [-0.39, 0.29) is 18.8 Å². The van der Waals surface area contributed by atoms with E-state index in [9.17, 15) is 5.11 Å². The molecule has 0 aromatic heterocycles. The quantitative estimate of drug-likeness (QED) is 0.630. The first-order valence-electron chi connectivity index (χ1n) is 5.86. The van der Waals surface area contributed by atoms with Crippen LogP contribution in [0.3, 0.4) is 0 Å². The van der Waals surface area contributed by atoms with Crippen molar-refractivity contribution >= 4 is 0 Å². The number of hydrogen-bond donors (Lipinski definition) is 1. The van der Waals surface area contributed by atoms with E-state index >= 15 is 0 Å². The lowest BCUT2D eigenvalue weighted by Crippen LogP contribution is -2.33. The van der Waals surface area contributed by atoms with E-state index in [0.717, 1.165) is 17.1 Å². The zero-order chi connectivity index (χ0) is 13.4. The van der Waals surface area contributed by atoms with Crippen molar-refractivity contribution in [2.45, 2.75) is 39.9 Å². The highest BCUT2D eigenvalue weighted by Crippen LogP contribution is 2.18. The first-order valence-corrected chi connectivity index (χ1v) is 5.86. The molecule has 0 saturated heterocycles. The van der Waals surface area contributed by atoms with Crippen molar-refractivity contribution in [1.29, 1.82) is 0 Å². The summed E-state index contributed by atoms with van der Waals surface area (Å²) < 4.78 is 11.2. The molecule has 0 aromatic rings. The zero-order valence-electron chi connectivity index (χ0n) is 11.5. The molecule has 0 aliphatic heterocycles. The maximum atomic E-state index is 9.36. The summed E-state index contributed by atoms with van der Waals surface area (Å²) >= 11 is 0. The average molecular weight is 241 g/mol. The number of aliphatic hydroxyl groups is 1. The third-order valence-electron chi connectivity index (χ3n) is 2.39. The fraction of sp³-hybridized carbons (Fsp3) is 0.643. The summed E-state index contributed by atoms with van der Waals surface area (Å²) in [6, 6.07) is 0. The van der Waals surface area contributed by atoms with Crippen molar-refractivity contribution in [3.63, 3.8) is 0 Å². The van der Waals surface area contributed by atoms with Gasteiger partial charge in [0.05, 0.1) is 37.9 Å². The molecule has 0 aromatic carbocycles. The van der Waals surface area contributed by atoms with Crippen LogP contribution in [0, 0.1) is 5.92 Å². The Morgan fingerprint density at radius 2 is 1.35 bits per heavy atom. The molecule has 2 unspecified atom stereocenters. The standard InChI is InChI=1S/C14H25O3/c1-10(2)8-16-12(5)14(7-15)13(6)17-9-11(3)4/h12-13,15H,1,3,7-9H2,2,4-6H3. The normalized spacial score (nSPS) is 14.7. The Balaban J connectivity index is 4.18. The van der Waals surface area contributed by atoms with Crippen molar-refractivity contribution in [2.75, 3.05) is 19.8 Å². The van der Waals surface area contributed by atoms with Crippen molar-refractivity contribution in [3.8, 4) is 0 Å². The third-order valence-corrected chi connectivity index (χ3v) is 2.39. The van der Waals surface area contributed by atoms with Crippen molar-refractivity contribution in [2.24, 2.45) is 0 Å². The molecule has 0 aliphatic rings. The summed E-state index contributed by atoms with van der Waals surface area (Å²) in [4.78, 5) is 0. The van der Waals surface area contributed by atoms with E-state index in [0.29, 0.717) is 13.2 Å². The van der Waals surface area contributed by atoms with Crippen LogP contribution in [-0.2, 0) is 9.47 Å². The number of hydrogen-bond acceptors (Lipinski definition) is 3. The van der Waals surface area contributed by atoms with Crippen molar-refractivity contribution < 1.29 is 14.6 Å². The van der Waals surface area contributed by atoms with Crippen LogP contribution in [0.4, 0.5) is 0 Å². The Labute approximate surface area is 105 Å². The van der Waals surface area contributed by atoms with Crippen LogP contribution in [0.2, 0.25) is 0 Å². The highest BCUT2D eigenvalue weighted by atomic mass is 16.5. The lowest BCUT2D eigenvalue weighted by molar-refractivity contribution is 0.0167. The first kappa shape index (κ1) is 16.4. The second-order valence-electron chi connectivity index (χ2n) is 4.55. The van der Waals surface area contributed by atoms with Crippen LogP contribution >= 0.6 is 0 Å². The van der Waals surface area contributed by atoms with Gasteiger partial charge in [-0.2, -0.15) is 0 Å². The Morgan fingerprint density at radius 3 is 1.59 bits per heavy atom.